The second kappa shape index (κ2) is 18.2. The van der Waals surface area contributed by atoms with Crippen LogP contribution in [0.1, 0.15) is 36.8 Å². The summed E-state index contributed by atoms with van der Waals surface area (Å²) in [5, 5.41) is 21.2. The molecule has 0 radical (unpaired) electrons. The lowest BCUT2D eigenvalue weighted by Gasteiger charge is -2.23. The molecule has 6 N–H and O–H groups in total. The van der Waals surface area contributed by atoms with Gasteiger partial charge in [0.1, 0.15) is 0 Å². The average molecular weight is 477 g/mol. The van der Waals surface area contributed by atoms with Crippen LogP contribution in [0.3, 0.4) is 0 Å². The number of hydrogen-bond donors (Lipinski definition) is 6. The van der Waals surface area contributed by atoms with Gasteiger partial charge in [0, 0.05) is 26.2 Å². The number of hydrogen-bond acceptors (Lipinski definition) is 8. The van der Waals surface area contributed by atoms with Crippen molar-refractivity contribution in [1.82, 2.24) is 31.9 Å². The standard InChI is InChI=1S/C26H48N6O2/c1-2-8-24(22-34-26-19-31-15-5-11-28-12-6-16-32-20-26)23(7-1)21-33-25-17-29-13-3-9-27-10-4-14-30-18-25/h1-2,7-8,25-32H,3-6,9-22H2. The minimum Gasteiger partial charge on any atom is -0.371 e. The highest BCUT2D eigenvalue weighted by atomic mass is 16.5. The molecule has 0 aromatic heterocycles. The second-order valence-electron chi connectivity index (χ2n) is 9.37. The third-order valence-electron chi connectivity index (χ3n) is 6.38. The van der Waals surface area contributed by atoms with Crippen molar-refractivity contribution in [2.75, 3.05) is 78.5 Å². The second-order valence-corrected chi connectivity index (χ2v) is 9.37. The molecular formula is C26H48N6O2. The van der Waals surface area contributed by atoms with Gasteiger partial charge in [0.2, 0.25) is 0 Å². The fourth-order valence-electron chi connectivity index (χ4n) is 4.29. The molecule has 1 aromatic rings. The lowest BCUT2D eigenvalue weighted by Crippen LogP contribution is -2.40. The molecule has 34 heavy (non-hydrogen) atoms. The maximum atomic E-state index is 6.37. The van der Waals surface area contributed by atoms with Gasteiger partial charge in [-0.25, -0.2) is 0 Å². The fourth-order valence-corrected chi connectivity index (χ4v) is 4.29. The third kappa shape index (κ3) is 12.0. The summed E-state index contributed by atoms with van der Waals surface area (Å²) in [4.78, 5) is 0. The van der Waals surface area contributed by atoms with E-state index in [9.17, 15) is 0 Å². The Morgan fingerprint density at radius 1 is 0.500 bits per heavy atom. The van der Waals surface area contributed by atoms with Crippen LogP contribution in [-0.2, 0) is 22.7 Å². The highest BCUT2D eigenvalue weighted by Crippen LogP contribution is 2.14. The van der Waals surface area contributed by atoms with Crippen molar-refractivity contribution in [3.05, 3.63) is 35.4 Å². The molecule has 194 valence electrons. The van der Waals surface area contributed by atoms with Crippen molar-refractivity contribution in [2.24, 2.45) is 0 Å². The zero-order valence-electron chi connectivity index (χ0n) is 21.0. The van der Waals surface area contributed by atoms with Crippen LogP contribution in [0.4, 0.5) is 0 Å². The van der Waals surface area contributed by atoms with E-state index in [0.29, 0.717) is 13.2 Å². The Morgan fingerprint density at radius 2 is 0.824 bits per heavy atom. The van der Waals surface area contributed by atoms with Crippen LogP contribution in [0.25, 0.3) is 0 Å². The van der Waals surface area contributed by atoms with E-state index in [1.165, 1.54) is 11.1 Å². The number of nitrogens with one attached hydrogen (secondary N) is 6. The van der Waals surface area contributed by atoms with Crippen LogP contribution in [0.5, 0.6) is 0 Å². The molecule has 8 nitrogen and oxygen atoms in total. The number of rotatable bonds is 6. The highest BCUT2D eigenvalue weighted by Gasteiger charge is 2.14. The lowest BCUT2D eigenvalue weighted by molar-refractivity contribution is 0.0305. The van der Waals surface area contributed by atoms with Crippen LogP contribution in [0.15, 0.2) is 24.3 Å². The average Bonchev–Trinajstić information content (AvgIpc) is 2.84. The molecule has 3 rings (SSSR count). The number of ether oxygens (including phenoxy) is 2. The van der Waals surface area contributed by atoms with E-state index in [-0.39, 0.29) is 12.2 Å². The molecule has 0 atom stereocenters. The molecule has 0 spiro atoms. The molecule has 2 aliphatic heterocycles. The van der Waals surface area contributed by atoms with Gasteiger partial charge in [0.15, 0.2) is 0 Å². The van der Waals surface area contributed by atoms with E-state index < -0.39 is 0 Å². The zero-order chi connectivity index (χ0) is 23.5. The summed E-state index contributed by atoms with van der Waals surface area (Å²) in [5.74, 6) is 0. The van der Waals surface area contributed by atoms with Crippen LogP contribution in [0.2, 0.25) is 0 Å². The van der Waals surface area contributed by atoms with Gasteiger partial charge in [-0.1, -0.05) is 24.3 Å². The normalized spacial score (nSPS) is 22.1. The third-order valence-corrected chi connectivity index (χ3v) is 6.38. The Hall–Kier alpha value is -1.10. The van der Waals surface area contributed by atoms with Gasteiger partial charge in [-0.15, -0.1) is 0 Å². The highest BCUT2D eigenvalue weighted by molar-refractivity contribution is 5.25. The van der Waals surface area contributed by atoms with E-state index in [0.717, 1.165) is 104 Å². The summed E-state index contributed by atoms with van der Waals surface area (Å²) in [6.45, 7) is 13.1. The Balaban J connectivity index is 1.47. The summed E-state index contributed by atoms with van der Waals surface area (Å²) >= 11 is 0. The van der Waals surface area contributed by atoms with Crippen molar-refractivity contribution < 1.29 is 9.47 Å². The van der Waals surface area contributed by atoms with Crippen molar-refractivity contribution in [2.45, 2.75) is 51.1 Å². The van der Waals surface area contributed by atoms with Gasteiger partial charge in [-0.3, -0.25) is 0 Å². The van der Waals surface area contributed by atoms with E-state index in [4.69, 9.17) is 9.47 Å². The summed E-state index contributed by atoms with van der Waals surface area (Å²) in [5.41, 5.74) is 2.44. The maximum Gasteiger partial charge on any atom is 0.0828 e. The molecule has 0 saturated carbocycles. The molecule has 2 saturated heterocycles. The van der Waals surface area contributed by atoms with Gasteiger partial charge >= 0.3 is 0 Å². The van der Waals surface area contributed by atoms with E-state index in [2.05, 4.69) is 56.2 Å². The zero-order valence-corrected chi connectivity index (χ0v) is 21.0. The quantitative estimate of drug-likeness (QED) is 0.356. The molecule has 8 heteroatoms. The summed E-state index contributed by atoms with van der Waals surface area (Å²) in [6, 6.07) is 8.54. The molecule has 0 bridgehead atoms. The molecule has 0 aliphatic carbocycles. The Morgan fingerprint density at radius 3 is 1.18 bits per heavy atom. The van der Waals surface area contributed by atoms with E-state index in [1.807, 2.05) is 0 Å². The predicted octanol–water partition coefficient (Wildman–Crippen LogP) is 0.582. The Labute approximate surface area is 206 Å². The van der Waals surface area contributed by atoms with Crippen molar-refractivity contribution >= 4 is 0 Å². The SMILES string of the molecule is c1ccc(COC2CNCCCNCCCNC2)c(COC2CNCCCNCCCNC2)c1. The smallest absolute Gasteiger partial charge is 0.0828 e. The first-order chi connectivity index (χ1) is 16.9. The largest absolute Gasteiger partial charge is 0.371 e. The Kier molecular flexibility index (Phi) is 14.7. The molecule has 2 heterocycles. The molecule has 0 amide bonds. The lowest BCUT2D eigenvalue weighted by atomic mass is 10.1. The number of benzene rings is 1. The van der Waals surface area contributed by atoms with Gasteiger partial charge in [0.05, 0.1) is 25.4 Å². The fraction of sp³-hybridized carbons (Fsp3) is 0.769. The maximum absolute atomic E-state index is 6.37. The first-order valence-electron chi connectivity index (χ1n) is 13.5. The minimum atomic E-state index is 0.163. The minimum absolute atomic E-state index is 0.163. The van der Waals surface area contributed by atoms with Crippen LogP contribution < -0.4 is 31.9 Å². The molecular weight excluding hydrogens is 428 g/mol. The first-order valence-corrected chi connectivity index (χ1v) is 13.5. The van der Waals surface area contributed by atoms with Gasteiger partial charge < -0.3 is 41.4 Å². The van der Waals surface area contributed by atoms with E-state index >= 15 is 0 Å². The van der Waals surface area contributed by atoms with Gasteiger partial charge in [-0.05, 0) is 89.2 Å². The van der Waals surface area contributed by atoms with Crippen LogP contribution in [-0.4, -0.2) is 90.7 Å². The monoisotopic (exact) mass is 476 g/mol. The summed E-state index contributed by atoms with van der Waals surface area (Å²) < 4.78 is 12.7. The Bertz CT molecular complexity index is 558. The van der Waals surface area contributed by atoms with Crippen molar-refractivity contribution in [3.8, 4) is 0 Å². The molecule has 2 fully saturated rings. The van der Waals surface area contributed by atoms with Gasteiger partial charge in [-0.2, -0.15) is 0 Å². The van der Waals surface area contributed by atoms with Crippen molar-refractivity contribution in [3.63, 3.8) is 0 Å². The molecule has 1 aromatic carbocycles. The van der Waals surface area contributed by atoms with Crippen LogP contribution >= 0.6 is 0 Å². The first kappa shape index (κ1) is 27.5. The van der Waals surface area contributed by atoms with Gasteiger partial charge in [0.25, 0.3) is 0 Å². The summed E-state index contributed by atoms with van der Waals surface area (Å²) in [7, 11) is 0. The van der Waals surface area contributed by atoms with Crippen LogP contribution in [0, 0.1) is 0 Å². The predicted molar refractivity (Wildman–Crippen MR) is 139 cm³/mol. The van der Waals surface area contributed by atoms with E-state index in [1.54, 1.807) is 0 Å². The topological polar surface area (TPSA) is 90.6 Å². The molecule has 2 aliphatic rings. The molecule has 0 unspecified atom stereocenters. The summed E-state index contributed by atoms with van der Waals surface area (Å²) in [6.07, 6.45) is 4.94. The van der Waals surface area contributed by atoms with Crippen molar-refractivity contribution in [1.29, 1.82) is 0 Å².